The van der Waals surface area contributed by atoms with Gasteiger partial charge >= 0.3 is 0 Å². The summed E-state index contributed by atoms with van der Waals surface area (Å²) in [5.74, 6) is 0.332. The van der Waals surface area contributed by atoms with E-state index in [0.717, 1.165) is 18.5 Å². The van der Waals surface area contributed by atoms with Crippen LogP contribution < -0.4 is 5.32 Å². The molecule has 0 aromatic heterocycles. The summed E-state index contributed by atoms with van der Waals surface area (Å²) in [6.45, 7) is 7.32. The van der Waals surface area contributed by atoms with Gasteiger partial charge in [-0.05, 0) is 38.0 Å². The molecule has 0 fully saturated rings. The van der Waals surface area contributed by atoms with E-state index in [-0.39, 0.29) is 5.54 Å². The number of rotatable bonds is 4. The number of hydrogen-bond acceptors (Lipinski definition) is 2. The van der Waals surface area contributed by atoms with Gasteiger partial charge in [0.15, 0.2) is 0 Å². The molecule has 2 heteroatoms. The number of nitrogens with one attached hydrogen (secondary N) is 1. The molecule has 2 N–H and O–H groups in total. The lowest BCUT2D eigenvalue weighted by molar-refractivity contribution is 0.374. The molecule has 1 rings (SSSR count). The summed E-state index contributed by atoms with van der Waals surface area (Å²) in [5.41, 5.74) is 1.28. The van der Waals surface area contributed by atoms with Crippen molar-refractivity contribution in [2.24, 2.45) is 0 Å². The van der Waals surface area contributed by atoms with Crippen LogP contribution >= 0.6 is 0 Å². The van der Waals surface area contributed by atoms with Crippen molar-refractivity contribution in [3.8, 4) is 5.75 Å². The summed E-state index contributed by atoms with van der Waals surface area (Å²) in [7, 11) is 0. The van der Waals surface area contributed by atoms with E-state index in [4.69, 9.17) is 0 Å². The second kappa shape index (κ2) is 4.47. The number of phenols is 1. The number of phenolic OH excluding ortho intramolecular Hbond substituents is 1. The van der Waals surface area contributed by atoms with E-state index in [2.05, 4.69) is 26.1 Å². The van der Waals surface area contributed by atoms with Gasteiger partial charge in [-0.15, -0.1) is 0 Å². The van der Waals surface area contributed by atoms with E-state index in [9.17, 15) is 5.11 Å². The molecule has 0 aliphatic heterocycles. The van der Waals surface area contributed by atoms with E-state index in [1.54, 1.807) is 12.1 Å². The minimum atomic E-state index is 0.158. The Kier molecular flexibility index (Phi) is 3.53. The first-order chi connectivity index (χ1) is 6.53. The summed E-state index contributed by atoms with van der Waals surface area (Å²) >= 11 is 0. The Balaban J connectivity index is 2.54. The van der Waals surface area contributed by atoms with Crippen molar-refractivity contribution in [3.05, 3.63) is 29.8 Å². The molecular weight excluding hydrogens is 174 g/mol. The molecule has 2 nitrogen and oxygen atoms in total. The van der Waals surface area contributed by atoms with Crippen LogP contribution in [0.3, 0.4) is 0 Å². The molecule has 0 heterocycles. The molecule has 78 valence electrons. The fraction of sp³-hybridized carbons (Fsp3) is 0.500. The first-order valence-electron chi connectivity index (χ1n) is 5.06. The summed E-state index contributed by atoms with van der Waals surface area (Å²) < 4.78 is 0. The monoisotopic (exact) mass is 193 g/mol. The van der Waals surface area contributed by atoms with Crippen LogP contribution in [0.2, 0.25) is 0 Å². The molecule has 1 aromatic carbocycles. The highest BCUT2D eigenvalue weighted by Crippen LogP contribution is 2.13. The third-order valence-corrected chi connectivity index (χ3v) is 2.57. The molecule has 0 aliphatic rings. The zero-order valence-electron chi connectivity index (χ0n) is 9.17. The molecule has 0 radical (unpaired) electrons. The molecule has 0 spiro atoms. The summed E-state index contributed by atoms with van der Waals surface area (Å²) in [6.07, 6.45) is 1.09. The first kappa shape index (κ1) is 11.1. The molecule has 0 saturated heterocycles. The van der Waals surface area contributed by atoms with Gasteiger partial charge in [-0.3, -0.25) is 0 Å². The minimum absolute atomic E-state index is 0.158. The lowest BCUT2D eigenvalue weighted by atomic mass is 10.0. The minimum Gasteiger partial charge on any atom is -0.508 e. The second-order valence-electron chi connectivity index (χ2n) is 4.26. The van der Waals surface area contributed by atoms with Crippen LogP contribution in [0.15, 0.2) is 24.3 Å². The normalized spacial score (nSPS) is 11.6. The van der Waals surface area contributed by atoms with Crippen LogP contribution in [-0.4, -0.2) is 10.6 Å². The highest BCUT2D eigenvalue weighted by molar-refractivity contribution is 5.27. The Labute approximate surface area is 86.0 Å². The number of aromatic hydroxyl groups is 1. The number of benzene rings is 1. The van der Waals surface area contributed by atoms with Crippen LogP contribution in [0.1, 0.15) is 32.8 Å². The Morgan fingerprint density at radius 1 is 1.36 bits per heavy atom. The molecular formula is C12H19NO. The van der Waals surface area contributed by atoms with Gasteiger partial charge in [0.05, 0.1) is 0 Å². The molecule has 0 atom stereocenters. The van der Waals surface area contributed by atoms with Gasteiger partial charge in [-0.1, -0.05) is 19.1 Å². The van der Waals surface area contributed by atoms with Crippen LogP contribution in [-0.2, 0) is 6.54 Å². The van der Waals surface area contributed by atoms with Crippen molar-refractivity contribution < 1.29 is 5.11 Å². The lowest BCUT2D eigenvalue weighted by Crippen LogP contribution is -2.37. The van der Waals surface area contributed by atoms with Gasteiger partial charge in [-0.25, -0.2) is 0 Å². The van der Waals surface area contributed by atoms with Gasteiger partial charge in [0, 0.05) is 12.1 Å². The van der Waals surface area contributed by atoms with Crippen molar-refractivity contribution in [2.75, 3.05) is 0 Å². The topological polar surface area (TPSA) is 32.3 Å². The van der Waals surface area contributed by atoms with Crippen LogP contribution in [0.25, 0.3) is 0 Å². The largest absolute Gasteiger partial charge is 0.508 e. The SMILES string of the molecule is CCC(C)(C)NCc1cccc(O)c1. The van der Waals surface area contributed by atoms with E-state index >= 15 is 0 Å². The van der Waals surface area contributed by atoms with E-state index in [0.29, 0.717) is 5.75 Å². The zero-order valence-corrected chi connectivity index (χ0v) is 9.17. The third-order valence-electron chi connectivity index (χ3n) is 2.57. The quantitative estimate of drug-likeness (QED) is 0.770. The molecule has 14 heavy (non-hydrogen) atoms. The summed E-state index contributed by atoms with van der Waals surface area (Å²) in [5, 5.41) is 12.7. The molecule has 0 unspecified atom stereocenters. The van der Waals surface area contributed by atoms with Crippen molar-refractivity contribution >= 4 is 0 Å². The van der Waals surface area contributed by atoms with Gasteiger partial charge in [0.2, 0.25) is 0 Å². The van der Waals surface area contributed by atoms with Crippen LogP contribution in [0.4, 0.5) is 0 Å². The van der Waals surface area contributed by atoms with Crippen molar-refractivity contribution in [2.45, 2.75) is 39.3 Å². The molecule has 0 saturated carbocycles. The fourth-order valence-corrected chi connectivity index (χ4v) is 1.13. The summed E-state index contributed by atoms with van der Waals surface area (Å²) in [6, 6.07) is 7.36. The molecule has 0 amide bonds. The van der Waals surface area contributed by atoms with Crippen LogP contribution in [0.5, 0.6) is 5.75 Å². The average Bonchev–Trinajstić information content (AvgIpc) is 2.15. The zero-order chi connectivity index (χ0) is 10.6. The highest BCUT2D eigenvalue weighted by Gasteiger charge is 2.13. The Bertz CT molecular complexity index is 294. The molecule has 0 aliphatic carbocycles. The Morgan fingerprint density at radius 2 is 2.07 bits per heavy atom. The highest BCUT2D eigenvalue weighted by atomic mass is 16.3. The van der Waals surface area contributed by atoms with Crippen molar-refractivity contribution in [1.82, 2.24) is 5.32 Å². The Hall–Kier alpha value is -1.02. The smallest absolute Gasteiger partial charge is 0.115 e. The van der Waals surface area contributed by atoms with Gasteiger partial charge in [-0.2, -0.15) is 0 Å². The second-order valence-corrected chi connectivity index (χ2v) is 4.26. The first-order valence-corrected chi connectivity index (χ1v) is 5.06. The summed E-state index contributed by atoms with van der Waals surface area (Å²) in [4.78, 5) is 0. The standard InChI is InChI=1S/C12H19NO/c1-4-12(2,3)13-9-10-6-5-7-11(14)8-10/h5-8,13-14H,4,9H2,1-3H3. The van der Waals surface area contributed by atoms with Crippen molar-refractivity contribution in [1.29, 1.82) is 0 Å². The maximum Gasteiger partial charge on any atom is 0.115 e. The average molecular weight is 193 g/mol. The van der Waals surface area contributed by atoms with Crippen molar-refractivity contribution in [3.63, 3.8) is 0 Å². The molecule has 1 aromatic rings. The fourth-order valence-electron chi connectivity index (χ4n) is 1.13. The molecule has 0 bridgehead atoms. The van der Waals surface area contributed by atoms with Gasteiger partial charge < -0.3 is 10.4 Å². The maximum absolute atomic E-state index is 9.27. The van der Waals surface area contributed by atoms with E-state index < -0.39 is 0 Å². The van der Waals surface area contributed by atoms with E-state index in [1.165, 1.54) is 0 Å². The van der Waals surface area contributed by atoms with Crippen LogP contribution in [0, 0.1) is 0 Å². The number of hydrogen-bond donors (Lipinski definition) is 2. The predicted molar refractivity (Wildman–Crippen MR) is 59.3 cm³/mol. The van der Waals surface area contributed by atoms with E-state index in [1.807, 2.05) is 12.1 Å². The maximum atomic E-state index is 9.27. The lowest BCUT2D eigenvalue weighted by Gasteiger charge is -2.24. The van der Waals surface area contributed by atoms with Gasteiger partial charge in [0.25, 0.3) is 0 Å². The third kappa shape index (κ3) is 3.38. The predicted octanol–water partition coefficient (Wildman–Crippen LogP) is 2.67. The Morgan fingerprint density at radius 3 is 2.64 bits per heavy atom. The van der Waals surface area contributed by atoms with Gasteiger partial charge in [0.1, 0.15) is 5.75 Å².